The first-order valence-electron chi connectivity index (χ1n) is 3.93. The van der Waals surface area contributed by atoms with Gasteiger partial charge in [0.25, 0.3) is 0 Å². The number of nitrogens with zero attached hydrogens (tertiary/aromatic N) is 3. The van der Waals surface area contributed by atoms with Gasteiger partial charge in [-0.15, -0.1) is 0 Å². The summed E-state index contributed by atoms with van der Waals surface area (Å²) < 4.78 is 0. The van der Waals surface area contributed by atoms with E-state index in [0.717, 1.165) is 12.8 Å². The maximum atomic E-state index is 9.21. The van der Waals surface area contributed by atoms with Gasteiger partial charge in [-0.05, 0) is 18.1 Å². The Hall–Kier alpha value is -0.880. The Kier molecular flexibility index (Phi) is 3.75. The zero-order chi connectivity index (χ0) is 8.81. The molecule has 0 aliphatic carbocycles. The molecule has 1 fully saturated rings. The highest BCUT2D eigenvalue weighted by Gasteiger charge is 2.20. The van der Waals surface area contributed by atoms with Crippen LogP contribution in [0.1, 0.15) is 12.8 Å². The number of aliphatic hydroxyl groups excluding tert-OH is 2. The molecule has 12 heavy (non-hydrogen) atoms. The first kappa shape index (κ1) is 9.21. The van der Waals surface area contributed by atoms with Gasteiger partial charge in [0.1, 0.15) is 12.8 Å². The molecule has 0 saturated carbocycles. The van der Waals surface area contributed by atoms with Crippen molar-refractivity contribution in [3.8, 4) is 0 Å². The van der Waals surface area contributed by atoms with Gasteiger partial charge in [0.2, 0.25) is 0 Å². The van der Waals surface area contributed by atoms with Crippen LogP contribution in [0.5, 0.6) is 0 Å². The highest BCUT2D eigenvalue weighted by molar-refractivity contribution is 4.64. The summed E-state index contributed by atoms with van der Waals surface area (Å²) in [7, 11) is 0. The van der Waals surface area contributed by atoms with Crippen molar-refractivity contribution in [2.24, 2.45) is 10.5 Å². The van der Waals surface area contributed by atoms with Gasteiger partial charge in [-0.25, -0.2) is 5.01 Å². The average Bonchev–Trinajstić information content (AvgIpc) is 2.46. The van der Waals surface area contributed by atoms with Crippen molar-refractivity contribution in [2.45, 2.75) is 19.1 Å². The summed E-state index contributed by atoms with van der Waals surface area (Å²) >= 11 is 0. The third-order valence-electron chi connectivity index (χ3n) is 1.59. The van der Waals surface area contributed by atoms with E-state index in [1.54, 1.807) is 0 Å². The van der Waals surface area contributed by atoms with Crippen LogP contribution in [0.4, 0.5) is 0 Å². The molecule has 0 radical (unpaired) electrons. The second-order valence-electron chi connectivity index (χ2n) is 2.51. The molecule has 1 unspecified atom stereocenters. The van der Waals surface area contributed by atoms with E-state index in [0.29, 0.717) is 6.54 Å². The molecule has 0 bridgehead atoms. The molecular formula is C6H13N3O3. The smallest absolute Gasteiger partial charge is 0.144 e. The van der Waals surface area contributed by atoms with Gasteiger partial charge < -0.3 is 15.1 Å². The van der Waals surface area contributed by atoms with Crippen LogP contribution in [0.15, 0.2) is 10.5 Å². The van der Waals surface area contributed by atoms with E-state index in [-0.39, 0.29) is 13.2 Å². The Morgan fingerprint density at radius 1 is 1.58 bits per heavy atom. The van der Waals surface area contributed by atoms with Crippen molar-refractivity contribution in [1.29, 1.82) is 0 Å². The van der Waals surface area contributed by atoms with E-state index < -0.39 is 6.23 Å². The lowest BCUT2D eigenvalue weighted by atomic mass is 10.4. The lowest BCUT2D eigenvalue weighted by Crippen LogP contribution is -2.22. The number of hydrogen-bond donors (Lipinski definition) is 2. The van der Waals surface area contributed by atoms with Gasteiger partial charge in [0, 0.05) is 11.8 Å². The van der Waals surface area contributed by atoms with Gasteiger partial charge in [-0.3, -0.25) is 0 Å². The van der Waals surface area contributed by atoms with Gasteiger partial charge in [0.15, 0.2) is 0 Å². The summed E-state index contributed by atoms with van der Waals surface area (Å²) in [6.45, 7) is 0.752. The summed E-state index contributed by atoms with van der Waals surface area (Å²) in [5.74, 6) is 0. The molecule has 2 N–H and O–H groups in total. The zero-order valence-electron chi connectivity index (χ0n) is 6.76. The van der Waals surface area contributed by atoms with E-state index in [2.05, 4.69) is 15.3 Å². The van der Waals surface area contributed by atoms with Crippen molar-refractivity contribution in [2.75, 3.05) is 19.8 Å². The first-order chi connectivity index (χ1) is 5.84. The molecule has 0 spiro atoms. The van der Waals surface area contributed by atoms with Gasteiger partial charge in [0.05, 0.1) is 6.61 Å². The Morgan fingerprint density at radius 3 is 3.00 bits per heavy atom. The summed E-state index contributed by atoms with van der Waals surface area (Å²) in [5, 5.41) is 25.9. The van der Waals surface area contributed by atoms with Crippen LogP contribution < -0.4 is 0 Å². The van der Waals surface area contributed by atoms with Crippen LogP contribution in [-0.2, 0) is 4.84 Å². The van der Waals surface area contributed by atoms with E-state index in [1.165, 1.54) is 5.01 Å². The lowest BCUT2D eigenvalue weighted by molar-refractivity contribution is 0.00565. The molecule has 1 heterocycles. The van der Waals surface area contributed by atoms with Gasteiger partial charge >= 0.3 is 0 Å². The minimum absolute atomic E-state index is 0.0818. The molecule has 0 aromatic carbocycles. The molecule has 1 aliphatic heterocycles. The maximum Gasteiger partial charge on any atom is 0.144 e. The summed E-state index contributed by atoms with van der Waals surface area (Å²) in [5.41, 5.74) is 0. The van der Waals surface area contributed by atoms with Gasteiger partial charge in [-0.2, -0.15) is 0 Å². The summed E-state index contributed by atoms with van der Waals surface area (Å²) in [4.78, 5) is 4.55. The van der Waals surface area contributed by atoms with Crippen molar-refractivity contribution < 1.29 is 15.1 Å². The molecule has 6 heteroatoms. The molecule has 1 rings (SSSR count). The topological polar surface area (TPSA) is 77.7 Å². The van der Waals surface area contributed by atoms with Crippen molar-refractivity contribution >= 4 is 0 Å². The predicted molar refractivity (Wildman–Crippen MR) is 39.8 cm³/mol. The molecule has 1 saturated heterocycles. The van der Waals surface area contributed by atoms with E-state index >= 15 is 0 Å². The van der Waals surface area contributed by atoms with Crippen LogP contribution in [0.2, 0.25) is 0 Å². The van der Waals surface area contributed by atoms with Crippen molar-refractivity contribution in [3.63, 3.8) is 0 Å². The second kappa shape index (κ2) is 4.89. The summed E-state index contributed by atoms with van der Waals surface area (Å²) in [6, 6.07) is 0. The number of aliphatic hydroxyl groups is 2. The average molecular weight is 175 g/mol. The number of rotatable bonds is 4. The zero-order valence-corrected chi connectivity index (χ0v) is 6.76. The lowest BCUT2D eigenvalue weighted by Gasteiger charge is -2.12. The van der Waals surface area contributed by atoms with Crippen LogP contribution in [0.25, 0.3) is 0 Å². The molecule has 0 aromatic heterocycles. The normalized spacial score (nSPS) is 23.8. The highest BCUT2D eigenvalue weighted by atomic mass is 16.6. The second-order valence-corrected chi connectivity index (χ2v) is 2.51. The molecule has 1 atom stereocenters. The predicted octanol–water partition coefficient (Wildman–Crippen LogP) is -0.308. The SMILES string of the molecule is OCCON=NN1CCCC1O. The Bertz CT molecular complexity index is 153. The van der Waals surface area contributed by atoms with Crippen molar-refractivity contribution in [3.05, 3.63) is 0 Å². The quantitative estimate of drug-likeness (QED) is 0.349. The monoisotopic (exact) mass is 175 g/mol. The fraction of sp³-hybridized carbons (Fsp3) is 1.00. The first-order valence-corrected chi connectivity index (χ1v) is 3.93. The van der Waals surface area contributed by atoms with Crippen LogP contribution in [0, 0.1) is 0 Å². The fourth-order valence-corrected chi connectivity index (χ4v) is 0.993. The van der Waals surface area contributed by atoms with Crippen LogP contribution in [0.3, 0.4) is 0 Å². The minimum Gasteiger partial charge on any atom is -0.393 e. The molecular weight excluding hydrogens is 162 g/mol. The van der Waals surface area contributed by atoms with Crippen LogP contribution in [-0.4, -0.2) is 41.2 Å². The highest BCUT2D eigenvalue weighted by Crippen LogP contribution is 2.14. The molecule has 6 nitrogen and oxygen atoms in total. The summed E-state index contributed by atoms with van der Waals surface area (Å²) in [6.07, 6.45) is 1.10. The standard InChI is InChI=1S/C6H13N3O3/c10-4-5-12-8-7-9-3-1-2-6(9)11/h6,10-11H,1-5H2. The Labute approximate surface area is 70.4 Å². The molecule has 0 amide bonds. The molecule has 0 aromatic rings. The molecule has 1 aliphatic rings. The maximum absolute atomic E-state index is 9.21. The molecule has 70 valence electrons. The third-order valence-corrected chi connectivity index (χ3v) is 1.59. The number of hydrogen-bond acceptors (Lipinski definition) is 5. The van der Waals surface area contributed by atoms with E-state index in [1.807, 2.05) is 0 Å². The minimum atomic E-state index is -0.536. The van der Waals surface area contributed by atoms with Gasteiger partial charge in [-0.1, -0.05) is 0 Å². The Balaban J connectivity index is 2.16. The van der Waals surface area contributed by atoms with Crippen LogP contribution >= 0.6 is 0 Å². The van der Waals surface area contributed by atoms with E-state index in [9.17, 15) is 5.11 Å². The van der Waals surface area contributed by atoms with E-state index in [4.69, 9.17) is 5.11 Å². The third kappa shape index (κ3) is 2.63. The Morgan fingerprint density at radius 2 is 2.42 bits per heavy atom. The van der Waals surface area contributed by atoms with Crippen molar-refractivity contribution in [1.82, 2.24) is 5.01 Å². The largest absolute Gasteiger partial charge is 0.393 e. The fourth-order valence-electron chi connectivity index (χ4n) is 0.993.